The van der Waals surface area contributed by atoms with E-state index in [-0.39, 0.29) is 12.3 Å². The molecule has 0 bridgehead atoms. The molecule has 22 heavy (non-hydrogen) atoms. The summed E-state index contributed by atoms with van der Waals surface area (Å²) in [6, 6.07) is 3.19. The number of amides is 1. The molecular formula is C15H16ClNO5. The lowest BCUT2D eigenvalue weighted by Gasteiger charge is -2.36. The van der Waals surface area contributed by atoms with Crippen LogP contribution in [0.15, 0.2) is 12.1 Å². The third-order valence-electron chi connectivity index (χ3n) is 4.17. The van der Waals surface area contributed by atoms with Gasteiger partial charge in [0.25, 0.3) is 0 Å². The van der Waals surface area contributed by atoms with Gasteiger partial charge >= 0.3 is 5.97 Å². The fourth-order valence-corrected chi connectivity index (χ4v) is 2.93. The van der Waals surface area contributed by atoms with Crippen LogP contribution < -0.4 is 14.8 Å². The van der Waals surface area contributed by atoms with Crippen molar-refractivity contribution < 1.29 is 24.2 Å². The number of aliphatic carboxylic acids is 1. The summed E-state index contributed by atoms with van der Waals surface area (Å²) >= 11 is 6.12. The molecule has 1 amide bonds. The number of anilines is 1. The number of carboxylic acid groups (broad SMARTS) is 1. The van der Waals surface area contributed by atoms with Crippen LogP contribution in [0.4, 0.5) is 5.69 Å². The predicted molar refractivity (Wildman–Crippen MR) is 79.6 cm³/mol. The van der Waals surface area contributed by atoms with E-state index in [0.29, 0.717) is 48.3 Å². The Balaban J connectivity index is 1.73. The van der Waals surface area contributed by atoms with Gasteiger partial charge in [-0.3, -0.25) is 9.59 Å². The highest BCUT2D eigenvalue weighted by atomic mass is 35.5. The lowest BCUT2D eigenvalue weighted by atomic mass is 9.66. The minimum absolute atomic E-state index is 0.0485. The van der Waals surface area contributed by atoms with Crippen LogP contribution in [0, 0.1) is 5.41 Å². The summed E-state index contributed by atoms with van der Waals surface area (Å²) in [4.78, 5) is 23.4. The molecule has 0 unspecified atom stereocenters. The van der Waals surface area contributed by atoms with E-state index in [1.807, 2.05) is 0 Å². The van der Waals surface area contributed by atoms with Crippen LogP contribution in [0.25, 0.3) is 0 Å². The quantitative estimate of drug-likeness (QED) is 0.889. The summed E-state index contributed by atoms with van der Waals surface area (Å²) in [7, 11) is 0. The van der Waals surface area contributed by atoms with Crippen LogP contribution in [0.1, 0.15) is 25.7 Å². The first-order valence-electron chi connectivity index (χ1n) is 7.13. The third kappa shape index (κ3) is 2.70. The molecule has 1 saturated carbocycles. The van der Waals surface area contributed by atoms with Crippen LogP contribution in [-0.2, 0) is 9.59 Å². The molecule has 0 spiro atoms. The van der Waals surface area contributed by atoms with Gasteiger partial charge in [0.2, 0.25) is 5.91 Å². The standard InChI is InChI=1S/C15H16ClNO5/c16-9-6-11-12(22-5-4-21-11)7-10(9)17-13(18)8-15(14(19)20)2-1-3-15/h6-7H,1-5,8H2,(H,17,18)(H,19,20). The maximum Gasteiger partial charge on any atom is 0.310 e. The van der Waals surface area contributed by atoms with Crippen LogP contribution in [-0.4, -0.2) is 30.2 Å². The largest absolute Gasteiger partial charge is 0.486 e. The molecule has 118 valence electrons. The van der Waals surface area contributed by atoms with Crippen LogP contribution >= 0.6 is 11.6 Å². The highest BCUT2D eigenvalue weighted by Gasteiger charge is 2.45. The molecular weight excluding hydrogens is 310 g/mol. The first-order valence-corrected chi connectivity index (χ1v) is 7.50. The van der Waals surface area contributed by atoms with E-state index in [1.54, 1.807) is 12.1 Å². The van der Waals surface area contributed by atoms with Crippen LogP contribution in [0.3, 0.4) is 0 Å². The van der Waals surface area contributed by atoms with Crippen LogP contribution in [0.2, 0.25) is 5.02 Å². The molecule has 3 rings (SSSR count). The third-order valence-corrected chi connectivity index (χ3v) is 4.48. The predicted octanol–water partition coefficient (Wildman–Crippen LogP) is 2.69. The topological polar surface area (TPSA) is 84.9 Å². The Labute approximate surface area is 132 Å². The second kappa shape index (κ2) is 5.68. The van der Waals surface area contributed by atoms with E-state index in [9.17, 15) is 14.7 Å². The minimum atomic E-state index is -0.926. The molecule has 0 saturated heterocycles. The van der Waals surface area contributed by atoms with Gasteiger partial charge in [0.15, 0.2) is 11.5 Å². The summed E-state index contributed by atoms with van der Waals surface area (Å²) in [5.74, 6) is -0.222. The zero-order valence-electron chi connectivity index (χ0n) is 11.9. The maximum atomic E-state index is 12.1. The summed E-state index contributed by atoms with van der Waals surface area (Å²) in [6.45, 7) is 0.889. The molecule has 6 nitrogen and oxygen atoms in total. The highest BCUT2D eigenvalue weighted by molar-refractivity contribution is 6.34. The molecule has 7 heteroatoms. The van der Waals surface area contributed by atoms with Crippen molar-refractivity contribution in [2.75, 3.05) is 18.5 Å². The Morgan fingerprint density at radius 3 is 2.41 bits per heavy atom. The Hall–Kier alpha value is -1.95. The molecule has 0 aromatic heterocycles. The van der Waals surface area contributed by atoms with Crippen molar-refractivity contribution >= 4 is 29.2 Å². The molecule has 1 aromatic carbocycles. The second-order valence-corrected chi connectivity index (χ2v) is 6.05. The fraction of sp³-hybridized carbons (Fsp3) is 0.467. The van der Waals surface area contributed by atoms with Crippen molar-refractivity contribution in [1.29, 1.82) is 0 Å². The van der Waals surface area contributed by atoms with Crippen molar-refractivity contribution in [2.45, 2.75) is 25.7 Å². The number of halogens is 1. The number of hydrogen-bond donors (Lipinski definition) is 2. The van der Waals surface area contributed by atoms with Gasteiger partial charge in [-0.25, -0.2) is 0 Å². The normalized spacial score (nSPS) is 18.2. The van der Waals surface area contributed by atoms with Gasteiger partial charge in [0.1, 0.15) is 13.2 Å². The zero-order valence-corrected chi connectivity index (χ0v) is 12.6. The van der Waals surface area contributed by atoms with Gasteiger partial charge in [-0.05, 0) is 12.8 Å². The van der Waals surface area contributed by atoms with Gasteiger partial charge < -0.3 is 19.9 Å². The number of fused-ring (bicyclic) bond motifs is 1. The van der Waals surface area contributed by atoms with Crippen molar-refractivity contribution in [1.82, 2.24) is 0 Å². The average molecular weight is 326 g/mol. The van der Waals surface area contributed by atoms with E-state index in [0.717, 1.165) is 6.42 Å². The van der Waals surface area contributed by atoms with Gasteiger partial charge in [-0.1, -0.05) is 18.0 Å². The number of carboxylic acids is 1. The summed E-state index contributed by atoms with van der Waals surface area (Å²) < 4.78 is 10.8. The minimum Gasteiger partial charge on any atom is -0.486 e. The van der Waals surface area contributed by atoms with E-state index in [1.165, 1.54) is 0 Å². The number of rotatable bonds is 4. The number of carbonyl (C=O) groups excluding carboxylic acids is 1. The molecule has 2 aliphatic rings. The molecule has 0 atom stereocenters. The van der Waals surface area contributed by atoms with Gasteiger partial charge in [-0.2, -0.15) is 0 Å². The van der Waals surface area contributed by atoms with Gasteiger partial charge in [0, 0.05) is 18.6 Å². The number of carbonyl (C=O) groups is 2. The smallest absolute Gasteiger partial charge is 0.310 e. The molecule has 1 aromatic rings. The van der Waals surface area contributed by atoms with Crippen molar-refractivity contribution in [3.8, 4) is 11.5 Å². The summed E-state index contributed by atoms with van der Waals surface area (Å²) in [5, 5.41) is 12.3. The number of hydrogen-bond acceptors (Lipinski definition) is 4. The Morgan fingerprint density at radius 2 is 1.86 bits per heavy atom. The molecule has 0 radical (unpaired) electrons. The molecule has 2 N–H and O–H groups in total. The average Bonchev–Trinajstić information content (AvgIpc) is 2.43. The SMILES string of the molecule is O=C(CC1(C(=O)O)CCC1)Nc1cc2c(cc1Cl)OCCO2. The second-order valence-electron chi connectivity index (χ2n) is 5.64. The first-order chi connectivity index (χ1) is 10.5. The Kier molecular flexibility index (Phi) is 3.87. The number of ether oxygens (including phenoxy) is 2. The molecule has 1 fully saturated rings. The van der Waals surface area contributed by atoms with E-state index in [4.69, 9.17) is 21.1 Å². The maximum absolute atomic E-state index is 12.1. The van der Waals surface area contributed by atoms with E-state index >= 15 is 0 Å². The van der Waals surface area contributed by atoms with Gasteiger partial charge in [0.05, 0.1) is 16.1 Å². The van der Waals surface area contributed by atoms with Crippen LogP contribution in [0.5, 0.6) is 11.5 Å². The van der Waals surface area contributed by atoms with Gasteiger partial charge in [-0.15, -0.1) is 0 Å². The van der Waals surface area contributed by atoms with E-state index in [2.05, 4.69) is 5.32 Å². The molecule has 1 heterocycles. The number of benzene rings is 1. The lowest BCUT2D eigenvalue weighted by Crippen LogP contribution is -2.41. The van der Waals surface area contributed by atoms with Crippen molar-refractivity contribution in [2.24, 2.45) is 5.41 Å². The van der Waals surface area contributed by atoms with Crippen molar-refractivity contribution in [3.05, 3.63) is 17.2 Å². The molecule has 1 aliphatic carbocycles. The molecule has 1 aliphatic heterocycles. The zero-order chi connectivity index (χ0) is 15.7. The van der Waals surface area contributed by atoms with E-state index < -0.39 is 11.4 Å². The highest BCUT2D eigenvalue weighted by Crippen LogP contribution is 2.45. The Morgan fingerprint density at radius 1 is 1.23 bits per heavy atom. The summed E-state index contributed by atoms with van der Waals surface area (Å²) in [5.41, 5.74) is -0.527. The fourth-order valence-electron chi connectivity index (χ4n) is 2.73. The summed E-state index contributed by atoms with van der Waals surface area (Å²) in [6.07, 6.45) is 1.85. The number of nitrogens with one attached hydrogen (secondary N) is 1. The van der Waals surface area contributed by atoms with Crippen molar-refractivity contribution in [3.63, 3.8) is 0 Å². The first kappa shape index (κ1) is 15.0. The monoisotopic (exact) mass is 325 g/mol. The lowest BCUT2D eigenvalue weighted by molar-refractivity contribution is -0.157. The Bertz CT molecular complexity index is 627.